The molecule has 1 amide bonds. The van der Waals surface area contributed by atoms with Gasteiger partial charge in [0.1, 0.15) is 0 Å². The Balaban J connectivity index is 1.77. The maximum atomic E-state index is 12.7. The molecule has 1 saturated heterocycles. The molecule has 5 heteroatoms. The minimum atomic E-state index is -0.758. The van der Waals surface area contributed by atoms with E-state index in [1.54, 1.807) is 6.07 Å². The van der Waals surface area contributed by atoms with E-state index in [1.807, 2.05) is 38.4 Å². The van der Waals surface area contributed by atoms with Crippen molar-refractivity contribution >= 4 is 16.8 Å². The van der Waals surface area contributed by atoms with Crippen molar-refractivity contribution in [2.45, 2.75) is 25.2 Å². The molecule has 25 heavy (non-hydrogen) atoms. The summed E-state index contributed by atoms with van der Waals surface area (Å²) >= 11 is 0. The van der Waals surface area contributed by atoms with Gasteiger partial charge in [0.05, 0.1) is 5.41 Å². The molecule has 1 fully saturated rings. The van der Waals surface area contributed by atoms with E-state index in [2.05, 4.69) is 27.0 Å². The van der Waals surface area contributed by atoms with E-state index in [4.69, 9.17) is 0 Å². The molecule has 0 bridgehead atoms. The Hall–Kier alpha value is -2.82. The van der Waals surface area contributed by atoms with Gasteiger partial charge in [0.25, 0.3) is 5.56 Å². The summed E-state index contributed by atoms with van der Waals surface area (Å²) in [4.78, 5) is 28.0. The van der Waals surface area contributed by atoms with Gasteiger partial charge in [0.2, 0.25) is 5.91 Å². The molecule has 4 rings (SSSR count). The van der Waals surface area contributed by atoms with Gasteiger partial charge in [-0.15, -0.1) is 0 Å². The number of fused-ring (bicyclic) bond motifs is 1. The van der Waals surface area contributed by atoms with E-state index < -0.39 is 5.41 Å². The number of aromatic nitrogens is 2. The second-order valence-corrected chi connectivity index (χ2v) is 7.01. The highest BCUT2D eigenvalue weighted by atomic mass is 16.2. The molecule has 1 aliphatic heterocycles. The van der Waals surface area contributed by atoms with Crippen molar-refractivity contribution in [3.8, 4) is 11.3 Å². The van der Waals surface area contributed by atoms with Gasteiger partial charge in [-0.1, -0.05) is 18.2 Å². The summed E-state index contributed by atoms with van der Waals surface area (Å²) in [6, 6.07) is 11.9. The molecule has 3 heterocycles. The zero-order chi connectivity index (χ0) is 17.6. The number of nitrogens with one attached hydrogen (secondary N) is 2. The Morgan fingerprint density at radius 2 is 1.96 bits per heavy atom. The van der Waals surface area contributed by atoms with Crippen molar-refractivity contribution in [3.05, 3.63) is 58.5 Å². The van der Waals surface area contributed by atoms with Crippen LogP contribution in [0.2, 0.25) is 0 Å². The van der Waals surface area contributed by atoms with Gasteiger partial charge in [-0.2, -0.15) is 0 Å². The smallest absolute Gasteiger partial charge is 0.252 e. The maximum Gasteiger partial charge on any atom is 0.252 e. The molecule has 0 spiro atoms. The van der Waals surface area contributed by atoms with Crippen LogP contribution in [0.1, 0.15) is 25.3 Å². The highest BCUT2D eigenvalue weighted by molar-refractivity contribution is 5.88. The largest absolute Gasteiger partial charge is 0.355 e. The van der Waals surface area contributed by atoms with E-state index in [-0.39, 0.29) is 11.5 Å². The number of carbonyl (C=O) groups is 1. The average molecular weight is 335 g/mol. The Labute approximate surface area is 145 Å². The monoisotopic (exact) mass is 335 g/mol. The lowest BCUT2D eigenvalue weighted by Crippen LogP contribution is -2.49. The van der Waals surface area contributed by atoms with Crippen molar-refractivity contribution < 1.29 is 4.79 Å². The molecule has 0 radical (unpaired) electrons. The molecule has 1 aromatic carbocycles. The first-order valence-electron chi connectivity index (χ1n) is 8.57. The fourth-order valence-electron chi connectivity index (χ4n) is 3.72. The van der Waals surface area contributed by atoms with Crippen molar-refractivity contribution in [2.24, 2.45) is 7.05 Å². The first-order valence-corrected chi connectivity index (χ1v) is 8.57. The number of nitrogens with zero attached hydrogens (tertiary/aromatic N) is 1. The fraction of sp³-hybridized carbons (Fsp3) is 0.300. The Morgan fingerprint density at radius 1 is 1.12 bits per heavy atom. The second kappa shape index (κ2) is 5.62. The molecular weight excluding hydrogens is 314 g/mol. The number of H-pyrrole nitrogens is 1. The standard InChI is InChI=1S/C20H21N3O2/c1-20(9-3-10-21-19(20)25)15-6-7-16(22-18(15)24)14-5-4-13-8-11-23(2)17(13)12-14/h4-8,11-12H,3,9-10H2,1-2H3,(H,21,25)(H,22,24)/t20-/m0/s1. The van der Waals surface area contributed by atoms with Gasteiger partial charge in [-0.25, -0.2) is 0 Å². The number of aromatic amines is 1. The van der Waals surface area contributed by atoms with Crippen LogP contribution in [0, 0.1) is 0 Å². The summed E-state index contributed by atoms with van der Waals surface area (Å²) in [7, 11) is 2.00. The highest BCUT2D eigenvalue weighted by Gasteiger charge is 2.39. The van der Waals surface area contributed by atoms with Crippen LogP contribution in [-0.4, -0.2) is 22.0 Å². The zero-order valence-corrected chi connectivity index (χ0v) is 14.4. The third kappa shape index (κ3) is 2.47. The topological polar surface area (TPSA) is 66.9 Å². The van der Waals surface area contributed by atoms with E-state index >= 15 is 0 Å². The van der Waals surface area contributed by atoms with E-state index in [1.165, 1.54) is 0 Å². The number of hydrogen-bond donors (Lipinski definition) is 2. The lowest BCUT2D eigenvalue weighted by molar-refractivity contribution is -0.128. The number of aryl methyl sites for hydroxylation is 1. The number of rotatable bonds is 2. The van der Waals surface area contributed by atoms with Gasteiger partial charge < -0.3 is 14.9 Å². The summed E-state index contributed by atoms with van der Waals surface area (Å²) in [6.07, 6.45) is 3.59. The van der Waals surface area contributed by atoms with Crippen LogP contribution in [0.5, 0.6) is 0 Å². The van der Waals surface area contributed by atoms with Crippen LogP contribution in [0.25, 0.3) is 22.2 Å². The van der Waals surface area contributed by atoms with Crippen LogP contribution in [0.15, 0.2) is 47.4 Å². The lowest BCUT2D eigenvalue weighted by atomic mass is 9.76. The Kier molecular flexibility index (Phi) is 3.53. The predicted molar refractivity (Wildman–Crippen MR) is 98.6 cm³/mol. The molecule has 5 nitrogen and oxygen atoms in total. The summed E-state index contributed by atoms with van der Waals surface area (Å²) in [6.45, 7) is 2.53. The van der Waals surface area contributed by atoms with Crippen LogP contribution in [-0.2, 0) is 17.3 Å². The molecule has 0 aliphatic carbocycles. The molecule has 3 aromatic rings. The number of piperidine rings is 1. The third-order valence-corrected chi connectivity index (χ3v) is 5.34. The van der Waals surface area contributed by atoms with E-state index in [9.17, 15) is 9.59 Å². The summed E-state index contributed by atoms with van der Waals surface area (Å²) in [5.41, 5.74) is 2.42. The number of pyridine rings is 1. The fourth-order valence-corrected chi connectivity index (χ4v) is 3.72. The van der Waals surface area contributed by atoms with Gasteiger partial charge in [-0.05, 0) is 43.4 Å². The van der Waals surface area contributed by atoms with Gasteiger partial charge in [0, 0.05) is 42.1 Å². The van der Waals surface area contributed by atoms with Crippen LogP contribution in [0.4, 0.5) is 0 Å². The van der Waals surface area contributed by atoms with Crippen molar-refractivity contribution in [2.75, 3.05) is 6.54 Å². The first-order chi connectivity index (χ1) is 12.0. The van der Waals surface area contributed by atoms with Crippen molar-refractivity contribution in [3.63, 3.8) is 0 Å². The SMILES string of the molecule is Cn1ccc2ccc(-c3ccc([C@]4(C)CCCNC4=O)c(=O)[nH]3)cc21. The molecule has 0 saturated carbocycles. The minimum absolute atomic E-state index is 0.0674. The molecule has 2 N–H and O–H groups in total. The first kappa shape index (κ1) is 15.7. The zero-order valence-electron chi connectivity index (χ0n) is 14.4. The lowest BCUT2D eigenvalue weighted by Gasteiger charge is -2.32. The number of hydrogen-bond acceptors (Lipinski definition) is 2. The second-order valence-electron chi connectivity index (χ2n) is 7.01. The van der Waals surface area contributed by atoms with E-state index in [0.29, 0.717) is 18.5 Å². The summed E-state index contributed by atoms with van der Waals surface area (Å²) in [5, 5.41) is 4.04. The normalized spacial score (nSPS) is 20.6. The average Bonchev–Trinajstić information content (AvgIpc) is 2.98. The van der Waals surface area contributed by atoms with Crippen molar-refractivity contribution in [1.82, 2.24) is 14.9 Å². The number of carbonyl (C=O) groups excluding carboxylic acids is 1. The maximum absolute atomic E-state index is 12.7. The van der Waals surface area contributed by atoms with Gasteiger partial charge >= 0.3 is 0 Å². The van der Waals surface area contributed by atoms with Gasteiger partial charge in [-0.3, -0.25) is 9.59 Å². The molecule has 2 aromatic heterocycles. The number of benzene rings is 1. The molecule has 0 unspecified atom stereocenters. The van der Waals surface area contributed by atoms with Crippen LogP contribution >= 0.6 is 0 Å². The molecule has 1 atom stereocenters. The van der Waals surface area contributed by atoms with Crippen molar-refractivity contribution in [1.29, 1.82) is 0 Å². The molecule has 128 valence electrons. The predicted octanol–water partition coefficient (Wildman–Crippen LogP) is 2.70. The van der Waals surface area contributed by atoms with E-state index in [0.717, 1.165) is 28.6 Å². The van der Waals surface area contributed by atoms with Crippen LogP contribution < -0.4 is 10.9 Å². The van der Waals surface area contributed by atoms with Gasteiger partial charge in [0.15, 0.2) is 0 Å². The summed E-state index contributed by atoms with van der Waals surface area (Å²) < 4.78 is 2.05. The Bertz CT molecular complexity index is 1030. The molecule has 1 aliphatic rings. The minimum Gasteiger partial charge on any atom is -0.355 e. The van der Waals surface area contributed by atoms with Crippen LogP contribution in [0.3, 0.4) is 0 Å². The third-order valence-electron chi connectivity index (χ3n) is 5.34. The Morgan fingerprint density at radius 3 is 2.72 bits per heavy atom. The quantitative estimate of drug-likeness (QED) is 0.756. The summed E-state index contributed by atoms with van der Waals surface area (Å²) in [5.74, 6) is -0.0674. The highest BCUT2D eigenvalue weighted by Crippen LogP contribution is 2.30. The number of amides is 1. The molecular formula is C20H21N3O2.